The first kappa shape index (κ1) is 30.2. The average Bonchev–Trinajstić information content (AvgIpc) is 3.97. The van der Waals surface area contributed by atoms with Gasteiger partial charge in [0.25, 0.3) is 0 Å². The number of rotatable bonds is 6. The highest BCUT2D eigenvalue weighted by Crippen LogP contribution is 2.61. The molecule has 0 bridgehead atoms. The third-order valence-electron chi connectivity index (χ3n) is 11.7. The molecule has 0 saturated heterocycles. The fourth-order valence-electron chi connectivity index (χ4n) is 9.39. The minimum atomic E-state index is 0.506. The van der Waals surface area contributed by atoms with E-state index in [0.29, 0.717) is 11.8 Å². The predicted molar refractivity (Wildman–Crippen MR) is 224 cm³/mol. The summed E-state index contributed by atoms with van der Waals surface area (Å²) >= 11 is 0. The number of hydrogen-bond donors (Lipinski definition) is 0. The summed E-state index contributed by atoms with van der Waals surface area (Å²) in [5.41, 5.74) is 20.8. The molecule has 1 saturated carbocycles. The van der Waals surface area contributed by atoms with Crippen LogP contribution >= 0.6 is 0 Å². The standard InChI is InChI=1S/C53H36/c1-5-17-34(18-6-1)47-48(35-19-7-2-8-20-35)52(43-28-15-25-38-33-46(38)43)50(37-23-11-4-12-24-37)53(49(47)36-21-9-3-10-22-36)45-32-31-44-40-27-14-13-26-39(40)41-29-16-30-42(45)51(41)44/h1-32,38,46H,33H2. The predicted octanol–water partition coefficient (Wildman–Crippen LogP) is 14.4. The second-order valence-electron chi connectivity index (χ2n) is 14.7. The van der Waals surface area contributed by atoms with Crippen LogP contribution in [-0.2, 0) is 0 Å². The van der Waals surface area contributed by atoms with Gasteiger partial charge in [0.2, 0.25) is 0 Å². The van der Waals surface area contributed by atoms with Crippen molar-refractivity contribution in [3.05, 3.63) is 200 Å². The molecule has 3 aliphatic carbocycles. The SMILES string of the molecule is C1=CC2CC2C(c2c(-c3ccccc3)c(-c3ccccc3)c(-c3ccccc3)c(-c3ccc4c5c(cccc35)-c3ccccc3-4)c2-c2ccccc2)=C1. The maximum Gasteiger partial charge on any atom is -0.000774 e. The van der Waals surface area contributed by atoms with Crippen LogP contribution in [0.3, 0.4) is 0 Å². The van der Waals surface area contributed by atoms with Crippen molar-refractivity contribution in [2.45, 2.75) is 6.42 Å². The van der Waals surface area contributed by atoms with Crippen molar-refractivity contribution >= 4 is 16.3 Å². The highest BCUT2D eigenvalue weighted by molar-refractivity contribution is 6.22. The smallest absolute Gasteiger partial charge is 0.000774 e. The van der Waals surface area contributed by atoms with Crippen LogP contribution in [0.25, 0.3) is 94.2 Å². The van der Waals surface area contributed by atoms with Crippen molar-refractivity contribution in [2.24, 2.45) is 11.8 Å². The molecule has 8 aromatic rings. The molecule has 1 fully saturated rings. The van der Waals surface area contributed by atoms with Crippen LogP contribution in [0, 0.1) is 11.8 Å². The van der Waals surface area contributed by atoms with E-state index in [1.165, 1.54) is 106 Å². The lowest BCUT2D eigenvalue weighted by Gasteiger charge is -2.30. The molecule has 0 N–H and O–H groups in total. The van der Waals surface area contributed by atoms with Crippen LogP contribution < -0.4 is 0 Å². The van der Waals surface area contributed by atoms with E-state index < -0.39 is 0 Å². The second kappa shape index (κ2) is 12.0. The molecule has 8 aromatic carbocycles. The Morgan fingerprint density at radius 2 is 0.774 bits per heavy atom. The van der Waals surface area contributed by atoms with Crippen LogP contribution in [0.1, 0.15) is 12.0 Å². The molecule has 0 radical (unpaired) electrons. The van der Waals surface area contributed by atoms with E-state index >= 15 is 0 Å². The van der Waals surface area contributed by atoms with Crippen molar-refractivity contribution in [1.82, 2.24) is 0 Å². The average molecular weight is 673 g/mol. The van der Waals surface area contributed by atoms with E-state index in [1.54, 1.807) is 0 Å². The van der Waals surface area contributed by atoms with Crippen molar-refractivity contribution in [3.63, 3.8) is 0 Å². The van der Waals surface area contributed by atoms with Crippen LogP contribution in [-0.4, -0.2) is 0 Å². The van der Waals surface area contributed by atoms with E-state index in [2.05, 4.69) is 194 Å². The lowest BCUT2D eigenvalue weighted by Crippen LogP contribution is -2.06. The molecule has 0 heteroatoms. The molecule has 248 valence electrons. The van der Waals surface area contributed by atoms with Gasteiger partial charge in [0.15, 0.2) is 0 Å². The molecule has 2 atom stereocenters. The number of benzene rings is 8. The molecule has 11 rings (SSSR count). The maximum absolute atomic E-state index is 2.42. The minimum absolute atomic E-state index is 0.506. The largest absolute Gasteiger partial charge is 0.0808 e. The summed E-state index contributed by atoms with van der Waals surface area (Å²) in [7, 11) is 0. The van der Waals surface area contributed by atoms with E-state index in [1.807, 2.05) is 0 Å². The van der Waals surface area contributed by atoms with Gasteiger partial charge in [0, 0.05) is 0 Å². The summed E-state index contributed by atoms with van der Waals surface area (Å²) in [4.78, 5) is 0. The summed E-state index contributed by atoms with van der Waals surface area (Å²) in [5.74, 6) is 1.10. The second-order valence-corrected chi connectivity index (χ2v) is 14.7. The Kier molecular flexibility index (Phi) is 6.85. The van der Waals surface area contributed by atoms with Gasteiger partial charge in [-0.2, -0.15) is 0 Å². The Bertz CT molecular complexity index is 2740. The third-order valence-corrected chi connectivity index (χ3v) is 11.7. The molecule has 0 spiro atoms. The zero-order valence-corrected chi connectivity index (χ0v) is 29.3. The highest BCUT2D eigenvalue weighted by atomic mass is 14.5. The van der Waals surface area contributed by atoms with Crippen LogP contribution in [0.2, 0.25) is 0 Å². The van der Waals surface area contributed by atoms with Gasteiger partial charge in [-0.15, -0.1) is 0 Å². The molecule has 0 nitrogen and oxygen atoms in total. The Balaban J connectivity index is 1.40. The lowest BCUT2D eigenvalue weighted by atomic mass is 9.72. The van der Waals surface area contributed by atoms with Crippen molar-refractivity contribution in [3.8, 4) is 77.9 Å². The molecular weight excluding hydrogens is 637 g/mol. The molecule has 0 aliphatic heterocycles. The molecule has 0 heterocycles. The van der Waals surface area contributed by atoms with Gasteiger partial charge >= 0.3 is 0 Å². The number of allylic oxidation sites excluding steroid dienone is 4. The topological polar surface area (TPSA) is 0 Å². The molecule has 0 aromatic heterocycles. The Labute approximate surface area is 311 Å². The molecule has 53 heavy (non-hydrogen) atoms. The van der Waals surface area contributed by atoms with E-state index in [9.17, 15) is 0 Å². The van der Waals surface area contributed by atoms with Gasteiger partial charge in [-0.25, -0.2) is 0 Å². The Morgan fingerprint density at radius 3 is 1.34 bits per heavy atom. The first-order valence-corrected chi connectivity index (χ1v) is 18.9. The fourth-order valence-corrected chi connectivity index (χ4v) is 9.39. The van der Waals surface area contributed by atoms with Gasteiger partial charge < -0.3 is 0 Å². The first-order chi connectivity index (χ1) is 26.3. The van der Waals surface area contributed by atoms with Gasteiger partial charge in [-0.05, 0) is 118 Å². The zero-order valence-electron chi connectivity index (χ0n) is 29.3. The zero-order chi connectivity index (χ0) is 34.9. The number of fused-ring (bicyclic) bond motifs is 4. The summed E-state index contributed by atoms with van der Waals surface area (Å²) < 4.78 is 0. The summed E-state index contributed by atoms with van der Waals surface area (Å²) in [5, 5.41) is 2.64. The highest BCUT2D eigenvalue weighted by Gasteiger charge is 2.42. The summed E-state index contributed by atoms with van der Waals surface area (Å²) in [6, 6.07) is 65.3. The first-order valence-electron chi connectivity index (χ1n) is 18.9. The van der Waals surface area contributed by atoms with Crippen molar-refractivity contribution < 1.29 is 0 Å². The minimum Gasteiger partial charge on any atom is -0.0808 e. The maximum atomic E-state index is 2.42. The van der Waals surface area contributed by atoms with Crippen LogP contribution in [0.5, 0.6) is 0 Å². The third kappa shape index (κ3) is 4.69. The molecular formula is C53H36. The van der Waals surface area contributed by atoms with Crippen molar-refractivity contribution in [1.29, 1.82) is 0 Å². The van der Waals surface area contributed by atoms with Gasteiger partial charge in [0.1, 0.15) is 0 Å². The number of hydrogen-bond acceptors (Lipinski definition) is 0. The lowest BCUT2D eigenvalue weighted by molar-refractivity contribution is 1.000. The van der Waals surface area contributed by atoms with Crippen LogP contribution in [0.15, 0.2) is 194 Å². The monoisotopic (exact) mass is 672 g/mol. The molecule has 3 aliphatic rings. The normalized spacial score (nSPS) is 16.3. The van der Waals surface area contributed by atoms with Crippen molar-refractivity contribution in [2.75, 3.05) is 0 Å². The molecule has 0 amide bonds. The van der Waals surface area contributed by atoms with E-state index in [-0.39, 0.29) is 0 Å². The Morgan fingerprint density at radius 1 is 0.340 bits per heavy atom. The Hall–Kier alpha value is -6.50. The van der Waals surface area contributed by atoms with Gasteiger partial charge in [-0.3, -0.25) is 0 Å². The molecule has 2 unspecified atom stereocenters. The van der Waals surface area contributed by atoms with E-state index in [4.69, 9.17) is 0 Å². The fraction of sp³-hybridized carbons (Fsp3) is 0.0566. The summed E-state index contributed by atoms with van der Waals surface area (Å²) in [6.45, 7) is 0. The van der Waals surface area contributed by atoms with Gasteiger partial charge in [0.05, 0.1) is 0 Å². The van der Waals surface area contributed by atoms with Gasteiger partial charge in [-0.1, -0.05) is 194 Å². The van der Waals surface area contributed by atoms with E-state index in [0.717, 1.165) is 0 Å². The quantitative estimate of drug-likeness (QED) is 0.165. The summed E-state index contributed by atoms with van der Waals surface area (Å²) in [6.07, 6.45) is 8.35. The van der Waals surface area contributed by atoms with Crippen LogP contribution in [0.4, 0.5) is 0 Å².